The minimum Gasteiger partial charge on any atom is -0.369 e. The van der Waals surface area contributed by atoms with Crippen molar-refractivity contribution >= 4 is 23.2 Å². The molecule has 0 bridgehead atoms. The number of rotatable bonds is 6. The monoisotopic (exact) mass is 286 g/mol. The molecule has 0 atom stereocenters. The Morgan fingerprint density at radius 2 is 2.21 bits per heavy atom. The quantitative estimate of drug-likeness (QED) is 0.826. The van der Waals surface area contributed by atoms with Crippen LogP contribution >= 0.6 is 11.6 Å². The summed E-state index contributed by atoms with van der Waals surface area (Å²) in [7, 11) is 0. The molecule has 0 aliphatic heterocycles. The van der Waals surface area contributed by atoms with E-state index in [1.54, 1.807) is 13.8 Å². The molecule has 0 aliphatic rings. The normalized spacial score (nSPS) is 11.4. The summed E-state index contributed by atoms with van der Waals surface area (Å²) in [5.41, 5.74) is 4.18. The van der Waals surface area contributed by atoms with Gasteiger partial charge in [0.05, 0.1) is 11.9 Å². The number of amides is 1. The summed E-state index contributed by atoms with van der Waals surface area (Å²) < 4.78 is 1.31. The van der Waals surface area contributed by atoms with Crippen LogP contribution in [0.4, 0.5) is 5.69 Å². The van der Waals surface area contributed by atoms with Crippen molar-refractivity contribution in [3.05, 3.63) is 21.6 Å². The number of unbranched alkanes of at least 4 members (excludes halogenated alkanes) is 1. The Labute approximate surface area is 116 Å². The largest absolute Gasteiger partial charge is 0.369 e. The molecule has 106 valence electrons. The number of halogens is 1. The van der Waals surface area contributed by atoms with E-state index in [0.717, 1.165) is 12.8 Å². The zero-order valence-electron chi connectivity index (χ0n) is 11.4. The fourth-order valence-corrected chi connectivity index (χ4v) is 1.61. The van der Waals surface area contributed by atoms with E-state index in [1.165, 1.54) is 10.9 Å². The van der Waals surface area contributed by atoms with Crippen molar-refractivity contribution in [2.24, 2.45) is 5.73 Å². The summed E-state index contributed by atoms with van der Waals surface area (Å²) in [5, 5.41) is 6.87. The average Bonchev–Trinajstić information content (AvgIpc) is 2.34. The summed E-state index contributed by atoms with van der Waals surface area (Å²) in [4.78, 5) is 23.2. The number of nitrogens with one attached hydrogen (secondary N) is 1. The molecule has 0 aromatic carbocycles. The molecule has 0 fully saturated rings. The lowest BCUT2D eigenvalue weighted by Crippen LogP contribution is -2.45. The van der Waals surface area contributed by atoms with Gasteiger partial charge in [-0.1, -0.05) is 24.9 Å². The van der Waals surface area contributed by atoms with E-state index in [9.17, 15) is 9.59 Å². The molecule has 1 aromatic rings. The van der Waals surface area contributed by atoms with Gasteiger partial charge in [-0.05, 0) is 20.3 Å². The lowest BCUT2D eigenvalue weighted by molar-refractivity contribution is -0.121. The Hall–Kier alpha value is -1.56. The average molecular weight is 287 g/mol. The van der Waals surface area contributed by atoms with Gasteiger partial charge in [0.1, 0.15) is 10.6 Å². The van der Waals surface area contributed by atoms with Gasteiger partial charge >= 0.3 is 0 Å². The number of nitrogens with zero attached hydrogens (tertiary/aromatic N) is 2. The van der Waals surface area contributed by atoms with Gasteiger partial charge in [-0.3, -0.25) is 9.59 Å². The van der Waals surface area contributed by atoms with Crippen LogP contribution in [0.2, 0.25) is 5.02 Å². The molecule has 0 aliphatic carbocycles. The van der Waals surface area contributed by atoms with Crippen molar-refractivity contribution in [3.63, 3.8) is 0 Å². The predicted octanol–water partition coefficient (Wildman–Crippen LogP) is 1.37. The minimum absolute atomic E-state index is 0.0143. The van der Waals surface area contributed by atoms with Gasteiger partial charge in [0.2, 0.25) is 5.91 Å². The molecule has 1 heterocycles. The van der Waals surface area contributed by atoms with Gasteiger partial charge in [-0.2, -0.15) is 5.10 Å². The van der Waals surface area contributed by atoms with Crippen LogP contribution in [-0.2, 0) is 11.3 Å². The number of hydrogen-bond acceptors (Lipinski definition) is 4. The van der Waals surface area contributed by atoms with E-state index < -0.39 is 11.4 Å². The molecule has 3 N–H and O–H groups in total. The zero-order valence-corrected chi connectivity index (χ0v) is 12.1. The number of anilines is 1. The second-order valence-electron chi connectivity index (χ2n) is 4.87. The van der Waals surface area contributed by atoms with Crippen LogP contribution in [0.5, 0.6) is 0 Å². The Bertz CT molecular complexity index is 525. The number of carbonyl (C=O) groups is 1. The van der Waals surface area contributed by atoms with E-state index in [-0.39, 0.29) is 10.6 Å². The van der Waals surface area contributed by atoms with E-state index >= 15 is 0 Å². The van der Waals surface area contributed by atoms with Crippen LogP contribution in [0.1, 0.15) is 33.6 Å². The Morgan fingerprint density at radius 3 is 2.74 bits per heavy atom. The number of nitrogens with two attached hydrogens (primary N) is 1. The van der Waals surface area contributed by atoms with Gasteiger partial charge < -0.3 is 11.1 Å². The maximum absolute atomic E-state index is 12.0. The number of hydrogen-bond donors (Lipinski definition) is 2. The lowest BCUT2D eigenvalue weighted by atomic mass is 10.1. The zero-order chi connectivity index (χ0) is 14.6. The SMILES string of the molecule is CCCCn1ncc(NC(C)(C)C(N)=O)c(Cl)c1=O. The second kappa shape index (κ2) is 6.06. The van der Waals surface area contributed by atoms with Crippen LogP contribution in [0.25, 0.3) is 0 Å². The van der Waals surface area contributed by atoms with E-state index in [1.807, 2.05) is 6.92 Å². The molecule has 0 radical (unpaired) electrons. The van der Waals surface area contributed by atoms with Crippen molar-refractivity contribution in [1.82, 2.24) is 9.78 Å². The Morgan fingerprint density at radius 1 is 1.58 bits per heavy atom. The molecule has 0 saturated heterocycles. The molecule has 6 nitrogen and oxygen atoms in total. The van der Waals surface area contributed by atoms with Gasteiger partial charge in [0, 0.05) is 6.54 Å². The first-order chi connectivity index (χ1) is 8.79. The maximum atomic E-state index is 12.0. The highest BCUT2D eigenvalue weighted by Gasteiger charge is 2.26. The predicted molar refractivity (Wildman–Crippen MR) is 75.3 cm³/mol. The number of primary amides is 1. The molecule has 1 rings (SSSR count). The smallest absolute Gasteiger partial charge is 0.287 e. The molecular formula is C12H19ClN4O2. The highest BCUT2D eigenvalue weighted by molar-refractivity contribution is 6.33. The third-order valence-corrected chi connectivity index (χ3v) is 3.14. The fourth-order valence-electron chi connectivity index (χ4n) is 1.42. The van der Waals surface area contributed by atoms with Crippen molar-refractivity contribution in [1.29, 1.82) is 0 Å². The number of aryl methyl sites for hydroxylation is 1. The summed E-state index contributed by atoms with van der Waals surface area (Å²) in [5.74, 6) is -0.543. The van der Waals surface area contributed by atoms with Crippen molar-refractivity contribution in [3.8, 4) is 0 Å². The molecule has 7 heteroatoms. The first-order valence-electron chi connectivity index (χ1n) is 6.13. The molecule has 19 heavy (non-hydrogen) atoms. The van der Waals surface area contributed by atoms with Crippen molar-refractivity contribution in [2.75, 3.05) is 5.32 Å². The van der Waals surface area contributed by atoms with Gasteiger partial charge in [-0.15, -0.1) is 0 Å². The first-order valence-corrected chi connectivity index (χ1v) is 6.51. The van der Waals surface area contributed by atoms with E-state index in [0.29, 0.717) is 12.2 Å². The van der Waals surface area contributed by atoms with Crippen molar-refractivity contribution < 1.29 is 4.79 Å². The summed E-state index contributed by atoms with van der Waals surface area (Å²) >= 11 is 6.00. The van der Waals surface area contributed by atoms with Gasteiger partial charge in [-0.25, -0.2) is 4.68 Å². The van der Waals surface area contributed by atoms with E-state index in [2.05, 4.69) is 10.4 Å². The molecule has 0 saturated carbocycles. The maximum Gasteiger partial charge on any atom is 0.287 e. The Kier molecular flexibility index (Phi) is 4.94. The molecule has 1 amide bonds. The topological polar surface area (TPSA) is 90.0 Å². The highest BCUT2D eigenvalue weighted by atomic mass is 35.5. The third-order valence-electron chi connectivity index (χ3n) is 2.77. The van der Waals surface area contributed by atoms with Crippen LogP contribution in [0.3, 0.4) is 0 Å². The summed E-state index contributed by atoms with van der Waals surface area (Å²) in [6.45, 7) is 5.76. The highest BCUT2D eigenvalue weighted by Crippen LogP contribution is 2.20. The lowest BCUT2D eigenvalue weighted by Gasteiger charge is -2.24. The minimum atomic E-state index is -1.01. The van der Waals surface area contributed by atoms with Crippen LogP contribution < -0.4 is 16.6 Å². The molecular weight excluding hydrogens is 268 g/mol. The molecule has 0 unspecified atom stereocenters. The third kappa shape index (κ3) is 3.70. The van der Waals surface area contributed by atoms with Crippen LogP contribution in [0, 0.1) is 0 Å². The van der Waals surface area contributed by atoms with Crippen LogP contribution in [-0.4, -0.2) is 21.2 Å². The molecule has 1 aromatic heterocycles. The number of aromatic nitrogens is 2. The Balaban J connectivity index is 3.03. The van der Waals surface area contributed by atoms with Crippen molar-refractivity contribution in [2.45, 2.75) is 45.7 Å². The summed E-state index contributed by atoms with van der Waals surface area (Å²) in [6, 6.07) is 0. The first kappa shape index (κ1) is 15.5. The summed E-state index contributed by atoms with van der Waals surface area (Å²) in [6.07, 6.45) is 3.24. The standard InChI is InChI=1S/C12H19ClN4O2/c1-4-5-6-17-10(18)9(13)8(7-15-17)16-12(2,3)11(14)19/h7,16H,4-6H2,1-3H3,(H2,14,19). The second-order valence-corrected chi connectivity index (χ2v) is 5.25. The van der Waals surface area contributed by atoms with E-state index in [4.69, 9.17) is 17.3 Å². The van der Waals surface area contributed by atoms with Crippen LogP contribution in [0.15, 0.2) is 11.0 Å². The fraction of sp³-hybridized carbons (Fsp3) is 0.583. The van der Waals surface area contributed by atoms with Gasteiger partial charge in [0.25, 0.3) is 5.56 Å². The number of carbonyl (C=O) groups excluding carboxylic acids is 1. The molecule has 0 spiro atoms. The van der Waals surface area contributed by atoms with Gasteiger partial charge in [0.15, 0.2) is 0 Å².